The van der Waals surface area contributed by atoms with E-state index in [1.54, 1.807) is 0 Å². The third kappa shape index (κ3) is 2.36. The van der Waals surface area contributed by atoms with Crippen LogP contribution in [0, 0.1) is 0 Å². The fraction of sp³-hybridized carbons (Fsp3) is 0.462. The van der Waals surface area contributed by atoms with Gasteiger partial charge < -0.3 is 14.7 Å². The van der Waals surface area contributed by atoms with E-state index in [1.165, 1.54) is 0 Å². The molecule has 100 valence electrons. The summed E-state index contributed by atoms with van der Waals surface area (Å²) in [5.74, 6) is 0.591. The zero-order valence-electron chi connectivity index (χ0n) is 10.7. The fourth-order valence-electron chi connectivity index (χ4n) is 2.20. The van der Waals surface area contributed by atoms with Gasteiger partial charge in [-0.3, -0.25) is 0 Å². The molecule has 6 nitrogen and oxygen atoms in total. The largest absolute Gasteiger partial charge is 0.394 e. The molecule has 0 radical (unpaired) electrons. The molecule has 1 N–H and O–H groups in total. The Morgan fingerprint density at radius 1 is 1.32 bits per heavy atom. The van der Waals surface area contributed by atoms with Gasteiger partial charge in [-0.2, -0.15) is 0 Å². The maximum atomic E-state index is 9.21. The molecule has 1 fully saturated rings. The molecule has 2 unspecified atom stereocenters. The summed E-state index contributed by atoms with van der Waals surface area (Å²) in [6, 6.07) is 7.82. The smallest absolute Gasteiger partial charge is 0.246 e. The predicted molar refractivity (Wildman–Crippen MR) is 71.0 cm³/mol. The number of nitrogens with zero attached hydrogens (tertiary/aromatic N) is 4. The molecule has 3 rings (SSSR count). The number of para-hydroxylation sites is 1. The van der Waals surface area contributed by atoms with Crippen LogP contribution < -0.4 is 4.90 Å². The van der Waals surface area contributed by atoms with Crippen LogP contribution in [-0.4, -0.2) is 52.2 Å². The number of rotatable bonds is 2. The molecule has 2 aromatic rings. The molecule has 0 aliphatic carbocycles. The van der Waals surface area contributed by atoms with Gasteiger partial charge in [0.05, 0.1) is 30.9 Å². The molecule has 0 spiro atoms. The topological polar surface area (TPSA) is 71.4 Å². The molecule has 1 saturated heterocycles. The van der Waals surface area contributed by atoms with E-state index in [-0.39, 0.29) is 18.8 Å². The minimum Gasteiger partial charge on any atom is -0.394 e. The molecule has 1 aromatic heterocycles. The Balaban J connectivity index is 1.93. The number of morpholine rings is 1. The molecule has 0 saturated carbocycles. The zero-order chi connectivity index (χ0) is 13.2. The summed E-state index contributed by atoms with van der Waals surface area (Å²) in [7, 11) is 0. The van der Waals surface area contributed by atoms with Gasteiger partial charge in [-0.1, -0.05) is 12.1 Å². The summed E-state index contributed by atoms with van der Waals surface area (Å²) in [6.07, 6.45) is -0.189. The van der Waals surface area contributed by atoms with Crippen LogP contribution in [0.1, 0.15) is 6.92 Å². The Morgan fingerprint density at radius 2 is 2.11 bits per heavy atom. The average molecular weight is 260 g/mol. The van der Waals surface area contributed by atoms with Gasteiger partial charge in [-0.25, -0.2) is 4.98 Å². The molecule has 0 bridgehead atoms. The molecular formula is C13H16N4O2. The number of benzene rings is 1. The first-order chi connectivity index (χ1) is 9.28. The highest BCUT2D eigenvalue weighted by Crippen LogP contribution is 2.19. The lowest BCUT2D eigenvalue weighted by atomic mass is 10.2. The van der Waals surface area contributed by atoms with Crippen molar-refractivity contribution in [1.82, 2.24) is 15.2 Å². The van der Waals surface area contributed by atoms with E-state index in [0.717, 1.165) is 11.0 Å². The number of aliphatic hydroxyl groups is 1. The Kier molecular flexibility index (Phi) is 3.27. The van der Waals surface area contributed by atoms with Crippen LogP contribution in [0.3, 0.4) is 0 Å². The van der Waals surface area contributed by atoms with Crippen LogP contribution >= 0.6 is 0 Å². The van der Waals surface area contributed by atoms with Crippen molar-refractivity contribution in [3.8, 4) is 0 Å². The maximum Gasteiger partial charge on any atom is 0.246 e. The molecule has 1 aromatic carbocycles. The molecule has 1 aliphatic heterocycles. The molecule has 6 heteroatoms. The first-order valence-corrected chi connectivity index (χ1v) is 6.36. The molecule has 2 heterocycles. The minimum atomic E-state index is -0.189. The van der Waals surface area contributed by atoms with Gasteiger partial charge in [0.2, 0.25) is 5.95 Å². The Morgan fingerprint density at radius 3 is 2.89 bits per heavy atom. The van der Waals surface area contributed by atoms with Crippen molar-refractivity contribution < 1.29 is 9.84 Å². The number of aliphatic hydroxyl groups excluding tert-OH is 1. The van der Waals surface area contributed by atoms with Crippen molar-refractivity contribution in [2.45, 2.75) is 19.1 Å². The van der Waals surface area contributed by atoms with E-state index in [9.17, 15) is 5.11 Å². The van der Waals surface area contributed by atoms with E-state index < -0.39 is 0 Å². The van der Waals surface area contributed by atoms with Gasteiger partial charge in [-0.15, -0.1) is 10.2 Å². The number of hydrogen-bond donors (Lipinski definition) is 1. The zero-order valence-corrected chi connectivity index (χ0v) is 10.7. The molecule has 2 atom stereocenters. The fourth-order valence-corrected chi connectivity index (χ4v) is 2.20. The third-order valence-corrected chi connectivity index (χ3v) is 3.32. The minimum absolute atomic E-state index is 0.00420. The SMILES string of the molecule is CC1COC(CO)CN1c1nnc2ccccc2n1. The van der Waals surface area contributed by atoms with Gasteiger partial charge in [0.25, 0.3) is 0 Å². The number of ether oxygens (including phenoxy) is 1. The maximum absolute atomic E-state index is 9.21. The molecule has 0 amide bonds. The summed E-state index contributed by atoms with van der Waals surface area (Å²) in [6.45, 7) is 3.19. The van der Waals surface area contributed by atoms with E-state index in [0.29, 0.717) is 19.1 Å². The second-order valence-electron chi connectivity index (χ2n) is 4.74. The molecular weight excluding hydrogens is 244 g/mol. The van der Waals surface area contributed by atoms with E-state index in [4.69, 9.17) is 4.74 Å². The van der Waals surface area contributed by atoms with Crippen LogP contribution in [0.25, 0.3) is 11.0 Å². The third-order valence-electron chi connectivity index (χ3n) is 3.32. The van der Waals surface area contributed by atoms with Crippen LogP contribution in [0.5, 0.6) is 0 Å². The van der Waals surface area contributed by atoms with Gasteiger partial charge in [0.15, 0.2) is 0 Å². The highest BCUT2D eigenvalue weighted by Gasteiger charge is 2.27. The summed E-state index contributed by atoms with van der Waals surface area (Å²) in [4.78, 5) is 6.56. The standard InChI is InChI=1S/C13H16N4O2/c1-9-8-19-10(7-18)6-17(9)13-14-11-4-2-3-5-12(11)15-16-13/h2-5,9-10,18H,6-8H2,1H3. The quantitative estimate of drug-likeness (QED) is 0.853. The average Bonchev–Trinajstić information content (AvgIpc) is 2.47. The first-order valence-electron chi connectivity index (χ1n) is 6.36. The number of anilines is 1. The first kappa shape index (κ1) is 12.3. The van der Waals surface area contributed by atoms with Crippen molar-refractivity contribution in [2.75, 3.05) is 24.7 Å². The number of hydrogen-bond acceptors (Lipinski definition) is 6. The highest BCUT2D eigenvalue weighted by atomic mass is 16.5. The van der Waals surface area contributed by atoms with Crippen LogP contribution in [0.15, 0.2) is 24.3 Å². The number of aromatic nitrogens is 3. The summed E-state index contributed by atoms with van der Waals surface area (Å²) in [5.41, 5.74) is 1.61. The highest BCUT2D eigenvalue weighted by molar-refractivity contribution is 5.74. The van der Waals surface area contributed by atoms with Crippen LogP contribution in [0.2, 0.25) is 0 Å². The lowest BCUT2D eigenvalue weighted by molar-refractivity contribution is -0.0108. The van der Waals surface area contributed by atoms with Crippen LogP contribution in [0.4, 0.5) is 5.95 Å². The Hall–Kier alpha value is -1.79. The Labute approximate surface area is 111 Å². The summed E-state index contributed by atoms with van der Waals surface area (Å²) in [5, 5.41) is 17.6. The van der Waals surface area contributed by atoms with Gasteiger partial charge in [0.1, 0.15) is 5.52 Å². The van der Waals surface area contributed by atoms with Crippen molar-refractivity contribution >= 4 is 17.0 Å². The van der Waals surface area contributed by atoms with Gasteiger partial charge >= 0.3 is 0 Å². The van der Waals surface area contributed by atoms with Crippen molar-refractivity contribution in [1.29, 1.82) is 0 Å². The monoisotopic (exact) mass is 260 g/mol. The van der Waals surface area contributed by atoms with Crippen LogP contribution in [-0.2, 0) is 4.74 Å². The number of fused-ring (bicyclic) bond motifs is 1. The second-order valence-corrected chi connectivity index (χ2v) is 4.74. The van der Waals surface area contributed by atoms with Gasteiger partial charge in [0, 0.05) is 6.54 Å². The lowest BCUT2D eigenvalue weighted by Gasteiger charge is -2.37. The second kappa shape index (κ2) is 5.07. The molecule has 19 heavy (non-hydrogen) atoms. The normalized spacial score (nSPS) is 23.8. The molecule has 1 aliphatic rings. The van der Waals surface area contributed by atoms with E-state index >= 15 is 0 Å². The van der Waals surface area contributed by atoms with E-state index in [2.05, 4.69) is 15.2 Å². The van der Waals surface area contributed by atoms with Crippen molar-refractivity contribution in [2.24, 2.45) is 0 Å². The summed E-state index contributed by atoms with van der Waals surface area (Å²) >= 11 is 0. The summed E-state index contributed by atoms with van der Waals surface area (Å²) < 4.78 is 5.51. The van der Waals surface area contributed by atoms with Gasteiger partial charge in [-0.05, 0) is 19.1 Å². The van der Waals surface area contributed by atoms with E-state index in [1.807, 2.05) is 36.1 Å². The van der Waals surface area contributed by atoms with Crippen molar-refractivity contribution in [3.05, 3.63) is 24.3 Å². The van der Waals surface area contributed by atoms with Crippen molar-refractivity contribution in [3.63, 3.8) is 0 Å². The Bertz CT molecular complexity index is 577. The predicted octanol–water partition coefficient (Wildman–Crippen LogP) is 0.611. The lowest BCUT2D eigenvalue weighted by Crippen LogP contribution is -2.50.